The molecular formula is C6H18N4. The van der Waals surface area contributed by atoms with E-state index < -0.39 is 0 Å². The second-order valence-electron chi connectivity index (χ2n) is 2.38. The highest BCUT2D eigenvalue weighted by Gasteiger charge is 2.06. The van der Waals surface area contributed by atoms with Crippen molar-refractivity contribution in [3.05, 3.63) is 0 Å². The third-order valence-electron chi connectivity index (χ3n) is 1.65. The lowest BCUT2D eigenvalue weighted by Gasteiger charge is -2.26. The van der Waals surface area contributed by atoms with Crippen molar-refractivity contribution in [3.63, 3.8) is 0 Å². The minimum Gasteiger partial charge on any atom is -0.344 e. The van der Waals surface area contributed by atoms with Gasteiger partial charge >= 0.3 is 0 Å². The number of hydrogen-bond acceptors (Lipinski definition) is 4. The molecule has 0 atom stereocenters. The van der Waals surface area contributed by atoms with Gasteiger partial charge in [0.05, 0.1) is 0 Å². The van der Waals surface area contributed by atoms with Gasteiger partial charge in [0, 0.05) is 39.3 Å². The fraction of sp³-hybridized carbons (Fsp3) is 1.00. The Labute approximate surface area is 62.3 Å². The molecule has 1 aliphatic heterocycles. The summed E-state index contributed by atoms with van der Waals surface area (Å²) in [5.41, 5.74) is 5.40. The van der Waals surface area contributed by atoms with Crippen LogP contribution in [-0.4, -0.2) is 44.2 Å². The van der Waals surface area contributed by atoms with E-state index in [2.05, 4.69) is 10.2 Å². The van der Waals surface area contributed by atoms with Crippen molar-refractivity contribution in [2.75, 3.05) is 39.3 Å². The van der Waals surface area contributed by atoms with Crippen LogP contribution in [0.1, 0.15) is 0 Å². The fourth-order valence-corrected chi connectivity index (χ4v) is 1.12. The molecule has 0 aromatic rings. The van der Waals surface area contributed by atoms with Crippen LogP contribution in [-0.2, 0) is 0 Å². The molecule has 4 heteroatoms. The fourth-order valence-electron chi connectivity index (χ4n) is 1.12. The van der Waals surface area contributed by atoms with Crippen molar-refractivity contribution >= 4 is 0 Å². The third kappa shape index (κ3) is 3.12. The first kappa shape index (κ1) is 9.84. The summed E-state index contributed by atoms with van der Waals surface area (Å²) >= 11 is 0. The summed E-state index contributed by atoms with van der Waals surface area (Å²) in [4.78, 5) is 2.39. The van der Waals surface area contributed by atoms with Crippen molar-refractivity contribution in [1.29, 1.82) is 0 Å². The second-order valence-corrected chi connectivity index (χ2v) is 2.38. The molecule has 0 radical (unpaired) electrons. The average Bonchev–Trinajstić information content (AvgIpc) is 1.91. The minimum atomic E-state index is 0. The second kappa shape index (κ2) is 5.61. The molecule has 4 nitrogen and oxygen atoms in total. The van der Waals surface area contributed by atoms with Crippen LogP contribution in [0.4, 0.5) is 0 Å². The van der Waals surface area contributed by atoms with E-state index in [1.165, 1.54) is 0 Å². The molecule has 0 unspecified atom stereocenters. The highest BCUT2D eigenvalue weighted by molar-refractivity contribution is 4.66. The molecule has 0 aromatic heterocycles. The minimum absolute atomic E-state index is 0. The van der Waals surface area contributed by atoms with Gasteiger partial charge < -0.3 is 17.2 Å². The maximum absolute atomic E-state index is 5.40. The summed E-state index contributed by atoms with van der Waals surface area (Å²) in [5.74, 6) is 0. The van der Waals surface area contributed by atoms with E-state index >= 15 is 0 Å². The Balaban J connectivity index is 0.000000810. The van der Waals surface area contributed by atoms with Crippen molar-refractivity contribution in [2.24, 2.45) is 5.73 Å². The summed E-state index contributed by atoms with van der Waals surface area (Å²) < 4.78 is 0. The predicted octanol–water partition coefficient (Wildman–Crippen LogP) is -0.988. The number of hydrogen-bond donors (Lipinski definition) is 3. The van der Waals surface area contributed by atoms with Gasteiger partial charge in [0.15, 0.2) is 0 Å². The summed E-state index contributed by atoms with van der Waals surface area (Å²) in [6, 6.07) is 0. The van der Waals surface area contributed by atoms with Gasteiger partial charge in [-0.3, -0.25) is 4.90 Å². The molecule has 1 aliphatic rings. The maximum atomic E-state index is 5.40. The van der Waals surface area contributed by atoms with Gasteiger partial charge in [0.25, 0.3) is 0 Å². The highest BCUT2D eigenvalue weighted by Crippen LogP contribution is 1.88. The van der Waals surface area contributed by atoms with Gasteiger partial charge in [0.2, 0.25) is 0 Å². The average molecular weight is 146 g/mol. The molecule has 10 heavy (non-hydrogen) atoms. The Bertz CT molecular complexity index is 67.4. The molecule has 0 amide bonds. The third-order valence-corrected chi connectivity index (χ3v) is 1.65. The number of nitrogens with one attached hydrogen (secondary N) is 1. The van der Waals surface area contributed by atoms with E-state index in [4.69, 9.17) is 5.73 Å². The van der Waals surface area contributed by atoms with Crippen molar-refractivity contribution in [2.45, 2.75) is 0 Å². The van der Waals surface area contributed by atoms with E-state index in [1.54, 1.807) is 0 Å². The molecule has 1 fully saturated rings. The molecule has 1 heterocycles. The Kier molecular flexibility index (Phi) is 5.52. The molecule has 1 rings (SSSR count). The highest BCUT2D eigenvalue weighted by atomic mass is 15.2. The standard InChI is InChI=1S/C6H15N3.H3N/c7-1-4-9-5-2-8-3-6-9;/h8H,1-7H2;1H3. The monoisotopic (exact) mass is 146 g/mol. The van der Waals surface area contributed by atoms with Crippen LogP contribution in [0, 0.1) is 0 Å². The van der Waals surface area contributed by atoms with Gasteiger partial charge in [-0.1, -0.05) is 0 Å². The van der Waals surface area contributed by atoms with Crippen LogP contribution in [0.25, 0.3) is 0 Å². The summed E-state index contributed by atoms with van der Waals surface area (Å²) in [7, 11) is 0. The lowest BCUT2D eigenvalue weighted by molar-refractivity contribution is 0.247. The van der Waals surface area contributed by atoms with Crippen LogP contribution >= 0.6 is 0 Å². The Hall–Kier alpha value is -0.160. The van der Waals surface area contributed by atoms with Crippen molar-refractivity contribution in [1.82, 2.24) is 16.4 Å². The Morgan fingerprint density at radius 2 is 1.90 bits per heavy atom. The van der Waals surface area contributed by atoms with E-state index in [1.807, 2.05) is 0 Å². The van der Waals surface area contributed by atoms with Crippen molar-refractivity contribution < 1.29 is 0 Å². The Morgan fingerprint density at radius 1 is 1.30 bits per heavy atom. The molecule has 0 bridgehead atoms. The van der Waals surface area contributed by atoms with Gasteiger partial charge in [-0.05, 0) is 0 Å². The van der Waals surface area contributed by atoms with Gasteiger partial charge in [-0.15, -0.1) is 0 Å². The molecule has 1 saturated heterocycles. The first-order valence-electron chi connectivity index (χ1n) is 3.56. The zero-order valence-electron chi connectivity index (χ0n) is 6.47. The topological polar surface area (TPSA) is 76.3 Å². The van der Waals surface area contributed by atoms with E-state index in [0.29, 0.717) is 0 Å². The van der Waals surface area contributed by atoms with Crippen molar-refractivity contribution in [3.8, 4) is 0 Å². The first-order chi connectivity index (χ1) is 4.43. The van der Waals surface area contributed by atoms with Gasteiger partial charge in [-0.2, -0.15) is 0 Å². The Morgan fingerprint density at radius 3 is 2.40 bits per heavy atom. The lowest BCUT2D eigenvalue weighted by Crippen LogP contribution is -2.45. The van der Waals surface area contributed by atoms with Crippen LogP contribution in [0.5, 0.6) is 0 Å². The molecule has 0 aromatic carbocycles. The molecule has 62 valence electrons. The summed E-state index contributed by atoms with van der Waals surface area (Å²) in [6.07, 6.45) is 0. The van der Waals surface area contributed by atoms with Gasteiger partial charge in [-0.25, -0.2) is 0 Å². The van der Waals surface area contributed by atoms with Gasteiger partial charge in [0.1, 0.15) is 0 Å². The maximum Gasteiger partial charge on any atom is 0.0108 e. The SMILES string of the molecule is N.NCCN1CCNCC1. The number of nitrogens with two attached hydrogens (primary N) is 1. The predicted molar refractivity (Wildman–Crippen MR) is 43.4 cm³/mol. The van der Waals surface area contributed by atoms with Crippen LogP contribution in [0.15, 0.2) is 0 Å². The molecule has 6 N–H and O–H groups in total. The molecule has 0 spiro atoms. The molecular weight excluding hydrogens is 128 g/mol. The molecule has 0 aliphatic carbocycles. The number of piperazine rings is 1. The van der Waals surface area contributed by atoms with E-state index in [0.717, 1.165) is 39.3 Å². The summed E-state index contributed by atoms with van der Waals surface area (Å²) in [6.45, 7) is 6.43. The smallest absolute Gasteiger partial charge is 0.0108 e. The van der Waals surface area contributed by atoms with E-state index in [-0.39, 0.29) is 6.15 Å². The zero-order valence-corrected chi connectivity index (χ0v) is 6.47. The summed E-state index contributed by atoms with van der Waals surface area (Å²) in [5, 5.41) is 3.29. The zero-order chi connectivity index (χ0) is 6.53. The van der Waals surface area contributed by atoms with Crippen LogP contribution < -0.4 is 17.2 Å². The normalized spacial score (nSPS) is 20.1. The van der Waals surface area contributed by atoms with E-state index in [9.17, 15) is 0 Å². The van der Waals surface area contributed by atoms with Crippen LogP contribution in [0.2, 0.25) is 0 Å². The quantitative estimate of drug-likeness (QED) is 0.467. The largest absolute Gasteiger partial charge is 0.344 e. The molecule has 0 saturated carbocycles. The number of rotatable bonds is 2. The van der Waals surface area contributed by atoms with Crippen LogP contribution in [0.3, 0.4) is 0 Å². The lowest BCUT2D eigenvalue weighted by atomic mass is 10.3. The number of nitrogens with zero attached hydrogens (tertiary/aromatic N) is 1. The first-order valence-corrected chi connectivity index (χ1v) is 3.56.